The van der Waals surface area contributed by atoms with Crippen LogP contribution in [-0.2, 0) is 4.79 Å². The minimum atomic E-state index is -3.04. The normalized spacial score (nSPS) is 13.3. The summed E-state index contributed by atoms with van der Waals surface area (Å²) in [5.41, 5.74) is -1.11. The lowest BCUT2D eigenvalue weighted by atomic mass is 10.2. The fraction of sp³-hybridized carbons (Fsp3) is 0.312. The highest BCUT2D eigenvalue weighted by Crippen LogP contribution is 2.41. The molecule has 0 spiro atoms. The molecule has 0 unspecified atom stereocenters. The number of halogens is 2. The molecular formula is C16H15F2N5O4. The summed E-state index contributed by atoms with van der Waals surface area (Å²) in [7, 11) is 1.28. The number of ether oxygens (including phenoxy) is 1. The molecular weight excluding hydrogens is 364 g/mol. The van der Waals surface area contributed by atoms with Crippen LogP contribution in [0.15, 0.2) is 24.5 Å². The van der Waals surface area contributed by atoms with Gasteiger partial charge in [0.25, 0.3) is 6.43 Å². The summed E-state index contributed by atoms with van der Waals surface area (Å²) >= 11 is 0. The third-order valence-corrected chi connectivity index (χ3v) is 3.86. The summed E-state index contributed by atoms with van der Waals surface area (Å²) in [6.45, 7) is 0. The van der Waals surface area contributed by atoms with Gasteiger partial charge in [0.1, 0.15) is 17.3 Å². The number of aromatic nitrogens is 2. The fourth-order valence-corrected chi connectivity index (χ4v) is 2.42. The number of carbonyl (C=O) groups excluding carboxylic acids is 1. The lowest BCUT2D eigenvalue weighted by Crippen LogP contribution is -2.14. The Morgan fingerprint density at radius 3 is 2.74 bits per heavy atom. The third-order valence-electron chi connectivity index (χ3n) is 3.86. The lowest BCUT2D eigenvalue weighted by Gasteiger charge is -2.13. The summed E-state index contributed by atoms with van der Waals surface area (Å²) < 4.78 is 32.5. The molecule has 0 aromatic carbocycles. The Balaban J connectivity index is 1.90. The van der Waals surface area contributed by atoms with Gasteiger partial charge >= 0.3 is 5.82 Å². The van der Waals surface area contributed by atoms with E-state index in [0.717, 1.165) is 19.0 Å². The molecule has 0 aliphatic heterocycles. The van der Waals surface area contributed by atoms with Crippen molar-refractivity contribution >= 4 is 23.2 Å². The first-order chi connectivity index (χ1) is 12.9. The highest BCUT2D eigenvalue weighted by molar-refractivity contribution is 5.93. The molecule has 9 nitrogen and oxygen atoms in total. The molecule has 2 N–H and O–H groups in total. The number of alkyl halides is 2. The number of pyridine rings is 2. The molecule has 1 aliphatic carbocycles. The molecule has 3 rings (SSSR count). The van der Waals surface area contributed by atoms with E-state index < -0.39 is 28.4 Å². The van der Waals surface area contributed by atoms with Crippen LogP contribution < -0.4 is 15.4 Å². The van der Waals surface area contributed by atoms with Crippen LogP contribution in [0.1, 0.15) is 24.8 Å². The Hall–Kier alpha value is -3.37. The van der Waals surface area contributed by atoms with Gasteiger partial charge in [-0.25, -0.2) is 13.8 Å². The predicted molar refractivity (Wildman–Crippen MR) is 91.1 cm³/mol. The van der Waals surface area contributed by atoms with Gasteiger partial charge < -0.3 is 25.5 Å². The Labute approximate surface area is 151 Å². The maximum absolute atomic E-state index is 13.5. The molecule has 1 amide bonds. The minimum Gasteiger partial charge on any atom is -0.453 e. The highest BCUT2D eigenvalue weighted by atomic mass is 19.3. The molecule has 2 aromatic heterocycles. The van der Waals surface area contributed by atoms with E-state index in [-0.39, 0.29) is 29.1 Å². The second kappa shape index (κ2) is 7.48. The summed E-state index contributed by atoms with van der Waals surface area (Å²) in [5, 5.41) is 16.0. The monoisotopic (exact) mass is 379 g/mol. The van der Waals surface area contributed by atoms with E-state index in [1.165, 1.54) is 25.4 Å². The molecule has 0 saturated heterocycles. The second-order valence-electron chi connectivity index (χ2n) is 5.78. The molecule has 1 aliphatic rings. The zero-order chi connectivity index (χ0) is 19.6. The van der Waals surface area contributed by atoms with Crippen LogP contribution in [0.25, 0.3) is 0 Å². The van der Waals surface area contributed by atoms with Gasteiger partial charge in [-0.15, -0.1) is 0 Å². The van der Waals surface area contributed by atoms with Crippen molar-refractivity contribution in [1.29, 1.82) is 0 Å². The summed E-state index contributed by atoms with van der Waals surface area (Å²) in [4.78, 5) is 29.5. The van der Waals surface area contributed by atoms with Crippen LogP contribution in [0.3, 0.4) is 0 Å². The molecule has 1 saturated carbocycles. The number of nitro groups is 1. The number of amides is 1. The van der Waals surface area contributed by atoms with Gasteiger partial charge in [0.05, 0.1) is 5.56 Å². The second-order valence-corrected chi connectivity index (χ2v) is 5.78. The molecule has 0 radical (unpaired) electrons. The number of carbonyl (C=O) groups is 1. The standard InChI is InChI=1S/C16H15F2N5O4/c1-19-13-12(14(17)18)10(7-21-15(13)23(25)26)27-9-4-5-20-11(6-9)22-16(24)8-2-3-8/h4-8,14,19H,2-3H2,1H3,(H,20,22,24). The van der Waals surface area contributed by atoms with Gasteiger partial charge in [0.15, 0.2) is 11.9 Å². The van der Waals surface area contributed by atoms with Crippen molar-refractivity contribution in [2.24, 2.45) is 5.92 Å². The van der Waals surface area contributed by atoms with Crippen molar-refractivity contribution in [2.75, 3.05) is 17.7 Å². The minimum absolute atomic E-state index is 0.0288. The molecule has 2 heterocycles. The van der Waals surface area contributed by atoms with Gasteiger partial charge in [0, 0.05) is 25.2 Å². The fourth-order valence-electron chi connectivity index (χ4n) is 2.42. The zero-order valence-electron chi connectivity index (χ0n) is 14.1. The topological polar surface area (TPSA) is 119 Å². The van der Waals surface area contributed by atoms with Crippen LogP contribution in [-0.4, -0.2) is 27.8 Å². The van der Waals surface area contributed by atoms with Crippen molar-refractivity contribution in [3.63, 3.8) is 0 Å². The SMILES string of the molecule is CNc1c([N+](=O)[O-])ncc(Oc2ccnc(NC(=O)C3CC3)c2)c1C(F)F. The quantitative estimate of drug-likeness (QED) is 0.558. The van der Waals surface area contributed by atoms with E-state index in [2.05, 4.69) is 20.6 Å². The van der Waals surface area contributed by atoms with Crippen molar-refractivity contribution < 1.29 is 23.2 Å². The highest BCUT2D eigenvalue weighted by Gasteiger charge is 2.30. The maximum Gasteiger partial charge on any atom is 0.387 e. The van der Waals surface area contributed by atoms with E-state index in [0.29, 0.717) is 0 Å². The zero-order valence-corrected chi connectivity index (χ0v) is 14.1. The Bertz CT molecular complexity index is 889. The first-order valence-electron chi connectivity index (χ1n) is 7.98. The number of nitrogens with zero attached hydrogens (tertiary/aromatic N) is 3. The predicted octanol–water partition coefficient (Wildman–Crippen LogP) is 3.50. The largest absolute Gasteiger partial charge is 0.453 e. The van der Waals surface area contributed by atoms with Gasteiger partial charge in [-0.3, -0.25) is 4.79 Å². The van der Waals surface area contributed by atoms with E-state index in [9.17, 15) is 23.7 Å². The molecule has 27 heavy (non-hydrogen) atoms. The first kappa shape index (κ1) is 18.4. The Kier molecular flexibility index (Phi) is 5.10. The smallest absolute Gasteiger partial charge is 0.387 e. The van der Waals surface area contributed by atoms with Gasteiger partial charge in [-0.2, -0.15) is 0 Å². The molecule has 11 heteroatoms. The number of hydrogen-bond acceptors (Lipinski definition) is 7. The lowest BCUT2D eigenvalue weighted by molar-refractivity contribution is -0.388. The number of rotatable bonds is 7. The van der Waals surface area contributed by atoms with Gasteiger partial charge in [-0.1, -0.05) is 0 Å². The van der Waals surface area contributed by atoms with Crippen molar-refractivity contribution in [1.82, 2.24) is 9.97 Å². The number of nitrogens with one attached hydrogen (secondary N) is 2. The van der Waals surface area contributed by atoms with Crippen molar-refractivity contribution in [3.8, 4) is 11.5 Å². The van der Waals surface area contributed by atoms with Crippen molar-refractivity contribution in [2.45, 2.75) is 19.3 Å². The summed E-state index contributed by atoms with van der Waals surface area (Å²) in [6, 6.07) is 2.78. The molecule has 0 bridgehead atoms. The molecule has 1 fully saturated rings. The van der Waals surface area contributed by atoms with E-state index in [1.54, 1.807) is 0 Å². The summed E-state index contributed by atoms with van der Waals surface area (Å²) in [5.74, 6) is -0.929. The molecule has 2 aromatic rings. The Morgan fingerprint density at radius 1 is 1.41 bits per heavy atom. The maximum atomic E-state index is 13.5. The van der Waals surface area contributed by atoms with Crippen LogP contribution >= 0.6 is 0 Å². The van der Waals surface area contributed by atoms with E-state index in [4.69, 9.17) is 4.74 Å². The average molecular weight is 379 g/mol. The summed E-state index contributed by atoms with van der Waals surface area (Å²) in [6.07, 6.45) is 0.809. The third kappa shape index (κ3) is 4.07. The molecule has 142 valence electrons. The number of anilines is 2. The average Bonchev–Trinajstić information content (AvgIpc) is 3.46. The van der Waals surface area contributed by atoms with Gasteiger partial charge in [0.2, 0.25) is 5.91 Å². The van der Waals surface area contributed by atoms with E-state index >= 15 is 0 Å². The first-order valence-corrected chi connectivity index (χ1v) is 7.98. The van der Waals surface area contributed by atoms with E-state index in [1.807, 2.05) is 0 Å². The Morgan fingerprint density at radius 2 is 2.15 bits per heavy atom. The van der Waals surface area contributed by atoms with Crippen LogP contribution in [0.5, 0.6) is 11.5 Å². The molecule has 0 atom stereocenters. The van der Waals surface area contributed by atoms with Crippen molar-refractivity contribution in [3.05, 3.63) is 40.2 Å². The van der Waals surface area contributed by atoms with Crippen LogP contribution in [0.2, 0.25) is 0 Å². The van der Waals surface area contributed by atoms with Gasteiger partial charge in [-0.05, 0) is 28.8 Å². The number of hydrogen-bond donors (Lipinski definition) is 2. The van der Waals surface area contributed by atoms with Crippen LogP contribution in [0.4, 0.5) is 26.1 Å². The van der Waals surface area contributed by atoms with Crippen LogP contribution in [0, 0.1) is 16.0 Å².